The van der Waals surface area contributed by atoms with Crippen LogP contribution in [0.5, 0.6) is 0 Å². The molecule has 35 heavy (non-hydrogen) atoms. The van der Waals surface area contributed by atoms with E-state index in [1.807, 2.05) is 6.92 Å². The maximum absolute atomic E-state index is 16.1. The van der Waals surface area contributed by atoms with Crippen molar-refractivity contribution in [3.05, 3.63) is 12.2 Å². The third kappa shape index (κ3) is 5.65. The second-order valence-electron chi connectivity index (χ2n) is 11.0. The smallest absolute Gasteiger partial charge is 0.230 e. The first-order valence-electron chi connectivity index (χ1n) is 13.5. The Kier molecular flexibility index (Phi) is 10.4. The van der Waals surface area contributed by atoms with Crippen LogP contribution in [0.15, 0.2) is 12.2 Å². The minimum Gasteiger partial charge on any atom is -0.400 e. The molecule has 4 nitrogen and oxygen atoms in total. The lowest BCUT2D eigenvalue weighted by Crippen LogP contribution is -2.62. The first kappa shape index (κ1) is 29.9. The summed E-state index contributed by atoms with van der Waals surface area (Å²) in [6, 6.07) is 0. The van der Waals surface area contributed by atoms with E-state index in [2.05, 4.69) is 5.32 Å². The van der Waals surface area contributed by atoms with Crippen LogP contribution in [0.3, 0.4) is 0 Å². The van der Waals surface area contributed by atoms with E-state index in [0.717, 1.165) is 64.6 Å². The maximum Gasteiger partial charge on any atom is 0.230 e. The number of alkyl halides is 3. The van der Waals surface area contributed by atoms with Gasteiger partial charge in [0.2, 0.25) is 11.8 Å². The van der Waals surface area contributed by atoms with Gasteiger partial charge in [-0.2, -0.15) is 0 Å². The minimum absolute atomic E-state index is 0.0104. The summed E-state index contributed by atoms with van der Waals surface area (Å²) >= 11 is 0. The highest BCUT2D eigenvalue weighted by molar-refractivity contribution is 6.05. The fourth-order valence-corrected chi connectivity index (χ4v) is 7.29. The summed E-state index contributed by atoms with van der Waals surface area (Å²) in [5.74, 6) is 0.340. The van der Waals surface area contributed by atoms with Gasteiger partial charge in [0.1, 0.15) is 5.67 Å². The van der Waals surface area contributed by atoms with Gasteiger partial charge in [0, 0.05) is 18.9 Å². The second kappa shape index (κ2) is 12.2. The van der Waals surface area contributed by atoms with E-state index < -0.39 is 17.0 Å². The van der Waals surface area contributed by atoms with E-state index in [1.165, 1.54) is 13.0 Å². The Hall–Kier alpha value is -1.37. The summed E-state index contributed by atoms with van der Waals surface area (Å²) in [5.41, 5.74) is -6.84. The van der Waals surface area contributed by atoms with Crippen molar-refractivity contribution in [2.75, 3.05) is 7.11 Å². The quantitative estimate of drug-likeness (QED) is 0.313. The second-order valence-corrected chi connectivity index (χ2v) is 11.0. The van der Waals surface area contributed by atoms with Gasteiger partial charge >= 0.3 is 0 Å². The van der Waals surface area contributed by atoms with E-state index in [1.54, 1.807) is 13.8 Å². The van der Waals surface area contributed by atoms with Gasteiger partial charge in [0.15, 0.2) is 11.3 Å². The molecule has 8 unspecified atom stereocenters. The van der Waals surface area contributed by atoms with Crippen LogP contribution in [-0.2, 0) is 9.59 Å². The average Bonchev–Trinajstić information content (AvgIpc) is 3.56. The van der Waals surface area contributed by atoms with Gasteiger partial charge in [0.25, 0.3) is 0 Å². The Morgan fingerprint density at radius 1 is 0.971 bits per heavy atom. The number of carbonyl (C=O) groups excluding carboxylic acids is 2. The molecular formula is C28H46F3NO3. The first-order valence-corrected chi connectivity index (χ1v) is 13.5. The van der Waals surface area contributed by atoms with Crippen LogP contribution >= 0.6 is 0 Å². The lowest BCUT2D eigenvalue weighted by molar-refractivity contribution is -0.144. The minimum atomic E-state index is -2.55. The van der Waals surface area contributed by atoms with Crippen molar-refractivity contribution in [2.45, 2.75) is 115 Å². The molecule has 4 aliphatic rings. The molecule has 4 fully saturated rings. The number of imide groups is 1. The molecule has 1 aliphatic heterocycles. The predicted octanol–water partition coefficient (Wildman–Crippen LogP) is 6.41. The van der Waals surface area contributed by atoms with E-state index in [0.29, 0.717) is 12.3 Å². The molecule has 4 rings (SSSR count). The summed E-state index contributed by atoms with van der Waals surface area (Å²) in [6.45, 7) is 6.38. The Balaban J connectivity index is 0.000000276. The van der Waals surface area contributed by atoms with Crippen molar-refractivity contribution in [2.24, 2.45) is 29.6 Å². The fourth-order valence-electron chi connectivity index (χ4n) is 7.29. The molecule has 3 saturated carbocycles. The van der Waals surface area contributed by atoms with Gasteiger partial charge < -0.3 is 5.11 Å². The summed E-state index contributed by atoms with van der Waals surface area (Å²) in [5, 5.41) is 9.38. The van der Waals surface area contributed by atoms with Gasteiger partial charge in [-0.25, -0.2) is 13.2 Å². The number of rotatable bonds is 7. The molecule has 1 saturated heterocycles. The Bertz CT molecular complexity index is 736. The zero-order valence-electron chi connectivity index (χ0n) is 22.2. The standard InChI is InChI=1S/C19H31F3.C8H11NO2.CH4O/c1-5-10-17(4,20)19(22,11-6-2)18(21,7-3)16-13-14-8-9-15(16)12-14;10-7-5-3-1-2-4-6(5)8(11)9-7;1-2/h6,11,14-16H,5,7-10,12-13H2,1-4H3;5-6H,1-4H2,(H,9,10,11);2H,1H3/b11-6+;;. The van der Waals surface area contributed by atoms with Crippen LogP contribution in [-0.4, -0.2) is 41.0 Å². The van der Waals surface area contributed by atoms with E-state index >= 15 is 13.2 Å². The molecule has 2 bridgehead atoms. The van der Waals surface area contributed by atoms with Crippen molar-refractivity contribution in [3.8, 4) is 0 Å². The van der Waals surface area contributed by atoms with Crippen LogP contribution in [0.1, 0.15) is 98.3 Å². The number of nitrogens with one attached hydrogen (secondary N) is 1. The summed E-state index contributed by atoms with van der Waals surface area (Å²) in [7, 11) is 1.00. The molecule has 0 aromatic carbocycles. The van der Waals surface area contributed by atoms with Gasteiger partial charge in [-0.1, -0.05) is 45.6 Å². The lowest BCUT2D eigenvalue weighted by Gasteiger charge is -2.49. The normalized spacial score (nSPS) is 34.5. The van der Waals surface area contributed by atoms with Crippen LogP contribution in [0.2, 0.25) is 0 Å². The molecule has 0 spiro atoms. The van der Waals surface area contributed by atoms with Gasteiger partial charge in [-0.15, -0.1) is 0 Å². The van der Waals surface area contributed by atoms with Crippen molar-refractivity contribution in [3.63, 3.8) is 0 Å². The number of fused-ring (bicyclic) bond motifs is 3. The zero-order valence-corrected chi connectivity index (χ0v) is 22.2. The molecule has 2 amide bonds. The zero-order chi connectivity index (χ0) is 26.4. The number of carbonyl (C=O) groups is 2. The number of amides is 2. The van der Waals surface area contributed by atoms with Crippen molar-refractivity contribution < 1.29 is 27.9 Å². The molecule has 0 aromatic rings. The van der Waals surface area contributed by atoms with E-state index in [9.17, 15) is 9.59 Å². The monoisotopic (exact) mass is 501 g/mol. The molecule has 8 atom stereocenters. The molecule has 1 heterocycles. The maximum atomic E-state index is 16.1. The van der Waals surface area contributed by atoms with Gasteiger partial charge in [-0.05, 0) is 82.6 Å². The number of aliphatic hydroxyl groups is 1. The molecule has 7 heteroatoms. The van der Waals surface area contributed by atoms with Crippen molar-refractivity contribution in [1.29, 1.82) is 0 Å². The highest BCUT2D eigenvalue weighted by Gasteiger charge is 2.67. The van der Waals surface area contributed by atoms with Crippen molar-refractivity contribution in [1.82, 2.24) is 5.32 Å². The van der Waals surface area contributed by atoms with Crippen molar-refractivity contribution >= 4 is 11.8 Å². The Morgan fingerprint density at radius 3 is 1.94 bits per heavy atom. The van der Waals surface area contributed by atoms with Gasteiger partial charge in [0.05, 0.1) is 0 Å². The predicted molar refractivity (Wildman–Crippen MR) is 133 cm³/mol. The highest BCUT2D eigenvalue weighted by atomic mass is 19.2. The molecular weight excluding hydrogens is 455 g/mol. The number of allylic oxidation sites excluding steroid dienone is 2. The molecule has 0 aromatic heterocycles. The van der Waals surface area contributed by atoms with Crippen LogP contribution in [0, 0.1) is 29.6 Å². The summed E-state index contributed by atoms with van der Waals surface area (Å²) in [6.07, 6.45) is 11.1. The molecule has 202 valence electrons. The Morgan fingerprint density at radius 2 is 1.54 bits per heavy atom. The third-order valence-electron chi connectivity index (χ3n) is 9.01. The number of hydrogen-bond donors (Lipinski definition) is 2. The SMILES string of the molecule is C/C=C/C(F)(C(C)(F)CCC)C(F)(CC)C1CC2CCC1C2.CO.O=C1NC(=O)C2CCCCC12. The number of aliphatic hydroxyl groups excluding tert-OH is 1. The Labute approximate surface area is 209 Å². The summed E-state index contributed by atoms with van der Waals surface area (Å²) < 4.78 is 47.3. The topological polar surface area (TPSA) is 66.4 Å². The molecule has 2 N–H and O–H groups in total. The lowest BCUT2D eigenvalue weighted by atomic mass is 9.63. The van der Waals surface area contributed by atoms with Crippen LogP contribution in [0.4, 0.5) is 13.2 Å². The highest BCUT2D eigenvalue weighted by Crippen LogP contribution is 2.60. The number of halogens is 3. The van der Waals surface area contributed by atoms with E-state index in [-0.39, 0.29) is 48.3 Å². The third-order valence-corrected chi connectivity index (χ3v) is 9.01. The summed E-state index contributed by atoms with van der Waals surface area (Å²) in [4.78, 5) is 22.2. The molecule has 0 radical (unpaired) electrons. The van der Waals surface area contributed by atoms with E-state index in [4.69, 9.17) is 5.11 Å². The largest absolute Gasteiger partial charge is 0.400 e. The first-order chi connectivity index (χ1) is 16.5. The van der Waals surface area contributed by atoms with Crippen LogP contribution < -0.4 is 5.32 Å². The molecule has 3 aliphatic carbocycles. The average molecular weight is 502 g/mol. The number of hydrogen-bond acceptors (Lipinski definition) is 3. The van der Waals surface area contributed by atoms with Gasteiger partial charge in [-0.3, -0.25) is 14.9 Å². The fraction of sp³-hybridized carbons (Fsp3) is 0.857. The van der Waals surface area contributed by atoms with Crippen LogP contribution in [0.25, 0.3) is 0 Å².